The van der Waals surface area contributed by atoms with E-state index >= 15 is 0 Å². The third kappa shape index (κ3) is 45.4. The Labute approximate surface area is 574 Å². The number of imide groups is 1. The number of benzene rings is 2. The quantitative estimate of drug-likeness (QED) is 0.0137. The van der Waals surface area contributed by atoms with Crippen molar-refractivity contribution in [1.29, 1.82) is 0 Å². The summed E-state index contributed by atoms with van der Waals surface area (Å²) in [6.45, 7) is 6.16. The first kappa shape index (κ1) is 85.4. The molecule has 0 fully saturated rings. The van der Waals surface area contributed by atoms with Crippen LogP contribution in [0.2, 0.25) is 0 Å². The van der Waals surface area contributed by atoms with Gasteiger partial charge in [-0.1, -0.05) is 30.3 Å². The molecule has 0 unspecified atom stereocenters. The molecule has 0 radical (unpaired) electrons. The summed E-state index contributed by atoms with van der Waals surface area (Å²) in [5, 5.41) is 14.8. The summed E-state index contributed by atoms with van der Waals surface area (Å²) in [5.41, 5.74) is 10.6. The van der Waals surface area contributed by atoms with E-state index in [0.29, 0.717) is 131 Å². The number of ketones is 1. The lowest BCUT2D eigenvalue weighted by atomic mass is 10.0. The number of primary amides is 2. The second kappa shape index (κ2) is 57.0. The SMILES string of the molecule is NC(=O)CCOCCOCCOCCOCCOCCOCCNC(=O)c1cc(C(=O)CCOCCOCCOCCOCCOCCOCCOCCOCCN2C(=O)C=CC2=O)cc(C(=O)NCC(=O)NCC(=O)N[C@@H](Cc2ccccc2)C(=O)NCC(=O)NCOCC(N)=O)c1. The Bertz CT molecular complexity index is 2700. The van der Waals surface area contributed by atoms with Gasteiger partial charge < -0.3 is 114 Å². The maximum atomic E-state index is 13.6. The monoisotopic (exact) mass is 1410 g/mol. The molecule has 1 heterocycles. The van der Waals surface area contributed by atoms with Crippen molar-refractivity contribution < 1.29 is 124 Å². The van der Waals surface area contributed by atoms with Gasteiger partial charge in [0.05, 0.1) is 211 Å². The molecule has 3 rings (SSSR count). The van der Waals surface area contributed by atoms with Crippen molar-refractivity contribution in [2.45, 2.75) is 25.3 Å². The summed E-state index contributed by atoms with van der Waals surface area (Å²) >= 11 is 0. The van der Waals surface area contributed by atoms with Crippen LogP contribution in [0, 0.1) is 0 Å². The Morgan fingerprint density at radius 2 is 0.768 bits per heavy atom. The largest absolute Gasteiger partial charge is 0.379 e. The molecule has 1 aliphatic heterocycles. The molecule has 35 heteroatoms. The van der Waals surface area contributed by atoms with Gasteiger partial charge in [0, 0.05) is 54.6 Å². The Morgan fingerprint density at radius 3 is 1.22 bits per heavy atom. The van der Waals surface area contributed by atoms with E-state index in [9.17, 15) is 52.7 Å². The van der Waals surface area contributed by atoms with E-state index in [4.69, 9.17) is 82.5 Å². The van der Waals surface area contributed by atoms with Crippen molar-refractivity contribution in [3.63, 3.8) is 0 Å². The molecule has 0 spiro atoms. The fourth-order valence-electron chi connectivity index (χ4n) is 7.97. The molecule has 10 amide bonds. The molecule has 99 heavy (non-hydrogen) atoms. The van der Waals surface area contributed by atoms with Crippen LogP contribution in [-0.4, -0.2) is 307 Å². The van der Waals surface area contributed by atoms with E-state index < -0.39 is 85.3 Å². The van der Waals surface area contributed by atoms with Crippen LogP contribution < -0.4 is 43.4 Å². The van der Waals surface area contributed by atoms with Gasteiger partial charge >= 0.3 is 0 Å². The zero-order chi connectivity index (χ0) is 71.6. The Kier molecular flexibility index (Phi) is 49.1. The van der Waals surface area contributed by atoms with Crippen LogP contribution in [0.5, 0.6) is 0 Å². The maximum Gasteiger partial charge on any atom is 0.253 e. The fraction of sp³-hybridized carbons (Fsp3) is 0.609. The normalized spacial score (nSPS) is 12.1. The highest BCUT2D eigenvalue weighted by atomic mass is 16.6. The van der Waals surface area contributed by atoms with Gasteiger partial charge in [-0.25, -0.2) is 0 Å². The van der Waals surface area contributed by atoms with Gasteiger partial charge in [-0.3, -0.25) is 57.6 Å². The molecule has 2 aromatic carbocycles. The number of nitrogens with one attached hydrogen (secondary N) is 6. The van der Waals surface area contributed by atoms with Crippen molar-refractivity contribution in [1.82, 2.24) is 36.8 Å². The highest BCUT2D eigenvalue weighted by Crippen LogP contribution is 2.14. The molecule has 2 aromatic rings. The smallest absolute Gasteiger partial charge is 0.253 e. The summed E-state index contributed by atoms with van der Waals surface area (Å²) in [6.07, 6.45) is 2.50. The van der Waals surface area contributed by atoms with E-state index in [-0.39, 0.29) is 127 Å². The minimum atomic E-state index is -1.19. The molecular weight excluding hydrogens is 1310 g/mol. The third-order valence-electron chi connectivity index (χ3n) is 12.9. The van der Waals surface area contributed by atoms with Crippen LogP contribution >= 0.6 is 0 Å². The van der Waals surface area contributed by atoms with Crippen LogP contribution in [0.1, 0.15) is 49.5 Å². The second-order valence-corrected chi connectivity index (χ2v) is 20.7. The Hall–Kier alpha value is -7.85. The van der Waals surface area contributed by atoms with Crippen molar-refractivity contribution in [2.24, 2.45) is 11.5 Å². The predicted octanol–water partition coefficient (Wildman–Crippen LogP) is -3.71. The molecule has 0 bridgehead atoms. The molecule has 10 N–H and O–H groups in total. The molecular formula is C64H97N9O26. The maximum absolute atomic E-state index is 13.6. The number of carbonyl (C=O) groups excluding carboxylic acids is 11. The van der Waals surface area contributed by atoms with Crippen molar-refractivity contribution in [3.05, 3.63) is 82.9 Å². The van der Waals surface area contributed by atoms with Crippen LogP contribution in [-0.2, 0) is 116 Å². The molecule has 1 aliphatic rings. The second-order valence-electron chi connectivity index (χ2n) is 20.7. The lowest BCUT2D eigenvalue weighted by Gasteiger charge is -2.19. The molecule has 1 atom stereocenters. The van der Waals surface area contributed by atoms with Crippen LogP contribution in [0.3, 0.4) is 0 Å². The molecule has 0 saturated carbocycles. The molecule has 35 nitrogen and oxygen atoms in total. The molecule has 0 aromatic heterocycles. The third-order valence-corrected chi connectivity index (χ3v) is 12.9. The van der Waals surface area contributed by atoms with E-state index in [1.165, 1.54) is 30.4 Å². The zero-order valence-corrected chi connectivity index (χ0v) is 55.9. The van der Waals surface area contributed by atoms with Gasteiger partial charge in [0.1, 0.15) is 19.4 Å². The highest BCUT2D eigenvalue weighted by Gasteiger charge is 2.24. The fourth-order valence-corrected chi connectivity index (χ4v) is 7.97. The molecule has 554 valence electrons. The standard InChI is InChI=1S/C64H97N9O26/c65-55(75)9-13-86-17-21-90-25-29-94-32-34-95-30-26-91-22-18-87-14-10-67-62(82)51-41-50(54(74)8-12-85-16-20-89-24-28-93-33-36-97-38-39-98-37-35-96-31-27-92-23-19-88-15-11-73-60(80)6-7-61(73)81)42-52(43-51)63(83)69-44-57(77)68-46-59(79)72-53(40-49-4-2-1-3-5-49)64(84)70-45-58(78)71-48-99-47-56(66)76/h1-7,41-43,53H,8-40,44-48H2,(H2,65,75)(H2,66,76)(H,67,82)(H,68,77)(H,69,83)(H,70,84)(H,71,78)(H,72,79)/t53-/m0/s1. The average molecular weight is 1410 g/mol. The number of amides is 10. The van der Waals surface area contributed by atoms with Crippen LogP contribution in [0.25, 0.3) is 0 Å². The predicted molar refractivity (Wildman–Crippen MR) is 347 cm³/mol. The van der Waals surface area contributed by atoms with Gasteiger partial charge in [-0.2, -0.15) is 0 Å². The number of nitrogens with two attached hydrogens (primary N) is 2. The van der Waals surface area contributed by atoms with Crippen molar-refractivity contribution in [3.8, 4) is 0 Å². The van der Waals surface area contributed by atoms with Gasteiger partial charge in [0.25, 0.3) is 23.6 Å². The minimum absolute atomic E-state index is 0.00777. The zero-order valence-electron chi connectivity index (χ0n) is 55.9. The average Bonchev–Trinajstić information content (AvgIpc) is 1.43. The van der Waals surface area contributed by atoms with Crippen LogP contribution in [0.4, 0.5) is 0 Å². The molecule has 0 saturated heterocycles. The summed E-state index contributed by atoms with van der Waals surface area (Å²) in [7, 11) is 0. The first-order valence-corrected chi connectivity index (χ1v) is 32.3. The van der Waals surface area contributed by atoms with E-state index in [1.54, 1.807) is 30.3 Å². The van der Waals surface area contributed by atoms with Gasteiger partial charge in [-0.15, -0.1) is 0 Å². The Balaban J connectivity index is 1.36. The topological polar surface area (TPSA) is 454 Å². The van der Waals surface area contributed by atoms with Gasteiger partial charge in [0.15, 0.2) is 5.78 Å². The number of rotatable bonds is 65. The van der Waals surface area contributed by atoms with E-state index in [1.807, 2.05) is 0 Å². The highest BCUT2D eigenvalue weighted by molar-refractivity contribution is 6.13. The lowest BCUT2D eigenvalue weighted by Crippen LogP contribution is -2.52. The van der Waals surface area contributed by atoms with Crippen LogP contribution in [0.15, 0.2) is 60.7 Å². The number of Topliss-reactive ketones (excluding diaryl/α,β-unsaturated/α-hetero) is 1. The van der Waals surface area contributed by atoms with Crippen molar-refractivity contribution in [2.75, 3.05) is 231 Å². The first-order valence-electron chi connectivity index (χ1n) is 32.3. The van der Waals surface area contributed by atoms with E-state index in [0.717, 1.165) is 4.90 Å². The Morgan fingerprint density at radius 1 is 0.384 bits per heavy atom. The van der Waals surface area contributed by atoms with E-state index in [2.05, 4.69) is 31.9 Å². The summed E-state index contributed by atoms with van der Waals surface area (Å²) in [4.78, 5) is 138. The molecule has 0 aliphatic carbocycles. The summed E-state index contributed by atoms with van der Waals surface area (Å²) in [6, 6.07) is 11.3. The summed E-state index contributed by atoms with van der Waals surface area (Å²) < 4.78 is 81.5. The van der Waals surface area contributed by atoms with Gasteiger partial charge in [-0.05, 0) is 23.8 Å². The van der Waals surface area contributed by atoms with Gasteiger partial charge in [0.2, 0.25) is 35.4 Å². The first-order chi connectivity index (χ1) is 48.1. The van der Waals surface area contributed by atoms with Crippen molar-refractivity contribution >= 4 is 64.9 Å². The summed E-state index contributed by atoms with van der Waals surface area (Å²) in [5.74, 6) is -6.73. The number of carbonyl (C=O) groups is 11. The number of nitrogens with zero attached hydrogens (tertiary/aromatic N) is 1. The number of hydrogen-bond donors (Lipinski definition) is 8. The number of hydrogen-bond acceptors (Lipinski definition) is 26. The lowest BCUT2D eigenvalue weighted by molar-refractivity contribution is -0.138. The minimum Gasteiger partial charge on any atom is -0.379 e. The number of ether oxygens (including phenoxy) is 15.